The molecule has 1 fully saturated rings. The van der Waals surface area contributed by atoms with Gasteiger partial charge in [-0.05, 0) is 37.1 Å². The molecule has 1 aromatic rings. The second-order valence-corrected chi connectivity index (χ2v) is 5.31. The Labute approximate surface area is 118 Å². The maximum absolute atomic E-state index is 11.7. The van der Waals surface area contributed by atoms with E-state index in [1.54, 1.807) is 24.3 Å². The lowest BCUT2D eigenvalue weighted by atomic mass is 9.83. The molecule has 0 radical (unpaired) electrons. The third kappa shape index (κ3) is 3.97. The first-order valence-electron chi connectivity index (χ1n) is 6.84. The van der Waals surface area contributed by atoms with E-state index >= 15 is 0 Å². The van der Waals surface area contributed by atoms with Crippen molar-refractivity contribution < 1.29 is 9.53 Å². The Hall–Kier alpha value is -2.06. The van der Waals surface area contributed by atoms with Gasteiger partial charge in [0, 0.05) is 5.69 Å². The van der Waals surface area contributed by atoms with Gasteiger partial charge in [0.1, 0.15) is 6.61 Å². The number of carbonyl (C=O) groups excluding carboxylic acids is 1. The first-order valence-corrected chi connectivity index (χ1v) is 6.84. The summed E-state index contributed by atoms with van der Waals surface area (Å²) in [4.78, 5) is 11.7. The highest BCUT2D eigenvalue weighted by Crippen LogP contribution is 2.26. The molecule has 1 amide bonds. The van der Waals surface area contributed by atoms with Gasteiger partial charge in [0.25, 0.3) is 0 Å². The molecule has 1 aromatic carbocycles. The lowest BCUT2D eigenvalue weighted by Crippen LogP contribution is -2.46. The fourth-order valence-electron chi connectivity index (χ4n) is 2.39. The van der Waals surface area contributed by atoms with Gasteiger partial charge >= 0.3 is 6.09 Å². The molecule has 0 atom stereocenters. The Morgan fingerprint density at radius 1 is 1.30 bits per heavy atom. The Kier molecular flexibility index (Phi) is 4.59. The van der Waals surface area contributed by atoms with E-state index in [0.717, 1.165) is 25.7 Å². The molecule has 1 aliphatic rings. The van der Waals surface area contributed by atoms with Crippen LogP contribution in [0.25, 0.3) is 0 Å². The number of nitrogens with one attached hydrogen (secondary N) is 1. The molecule has 1 saturated carbocycles. The lowest BCUT2D eigenvalue weighted by molar-refractivity contribution is 0.112. The van der Waals surface area contributed by atoms with Crippen molar-refractivity contribution in [2.75, 3.05) is 11.9 Å². The molecule has 0 spiro atoms. The number of hydrogen-bond acceptors (Lipinski definition) is 4. The van der Waals surface area contributed by atoms with Crippen LogP contribution < -0.4 is 11.1 Å². The average Bonchev–Trinajstić information content (AvgIpc) is 2.47. The third-order valence-electron chi connectivity index (χ3n) is 3.60. The number of hydrogen-bond donors (Lipinski definition) is 2. The number of amides is 1. The van der Waals surface area contributed by atoms with Crippen molar-refractivity contribution in [3.8, 4) is 6.07 Å². The number of nitriles is 1. The standard InChI is InChI=1S/C15H19N3O2/c16-10-12-4-6-13(7-5-12)18-14(19)20-11-15(17)8-2-1-3-9-15/h4-7H,1-3,8-9,11,17H2,(H,18,19). The van der Waals surface area contributed by atoms with Crippen LogP contribution in [0.2, 0.25) is 0 Å². The number of carbonyl (C=O) groups is 1. The molecule has 0 saturated heterocycles. The van der Waals surface area contributed by atoms with Crippen LogP contribution in [0.4, 0.5) is 10.5 Å². The number of rotatable bonds is 3. The van der Waals surface area contributed by atoms with E-state index in [-0.39, 0.29) is 12.1 Å². The Morgan fingerprint density at radius 2 is 1.95 bits per heavy atom. The number of nitrogens with two attached hydrogens (primary N) is 1. The van der Waals surface area contributed by atoms with Gasteiger partial charge in [0.2, 0.25) is 0 Å². The second-order valence-electron chi connectivity index (χ2n) is 5.31. The highest BCUT2D eigenvalue weighted by molar-refractivity contribution is 5.84. The molecule has 0 bridgehead atoms. The zero-order valence-corrected chi connectivity index (χ0v) is 11.4. The Balaban J connectivity index is 1.81. The molecule has 0 heterocycles. The van der Waals surface area contributed by atoms with Crippen LogP contribution in [-0.4, -0.2) is 18.2 Å². The van der Waals surface area contributed by atoms with Gasteiger partial charge < -0.3 is 10.5 Å². The second kappa shape index (κ2) is 6.40. The van der Waals surface area contributed by atoms with Crippen LogP contribution in [0.1, 0.15) is 37.7 Å². The summed E-state index contributed by atoms with van der Waals surface area (Å²) in [6.07, 6.45) is 4.68. The van der Waals surface area contributed by atoms with Crippen LogP contribution in [0.3, 0.4) is 0 Å². The van der Waals surface area contributed by atoms with E-state index in [9.17, 15) is 4.79 Å². The van der Waals surface area contributed by atoms with Gasteiger partial charge in [0.05, 0.1) is 17.2 Å². The first-order chi connectivity index (χ1) is 9.61. The maximum atomic E-state index is 11.7. The molecule has 0 unspecified atom stereocenters. The largest absolute Gasteiger partial charge is 0.447 e. The van der Waals surface area contributed by atoms with Gasteiger partial charge in [-0.3, -0.25) is 5.32 Å². The summed E-state index contributed by atoms with van der Waals surface area (Å²) >= 11 is 0. The molecule has 20 heavy (non-hydrogen) atoms. The lowest BCUT2D eigenvalue weighted by Gasteiger charge is -2.32. The first kappa shape index (κ1) is 14.4. The summed E-state index contributed by atoms with van der Waals surface area (Å²) in [6.45, 7) is 0.245. The van der Waals surface area contributed by atoms with Crippen LogP contribution >= 0.6 is 0 Å². The highest BCUT2D eigenvalue weighted by atomic mass is 16.5. The Bertz CT molecular complexity index is 499. The van der Waals surface area contributed by atoms with Crippen molar-refractivity contribution in [1.29, 1.82) is 5.26 Å². The fraction of sp³-hybridized carbons (Fsp3) is 0.467. The summed E-state index contributed by atoms with van der Waals surface area (Å²) in [7, 11) is 0. The summed E-state index contributed by atoms with van der Waals surface area (Å²) < 4.78 is 5.20. The van der Waals surface area contributed by atoms with Crippen molar-refractivity contribution >= 4 is 11.8 Å². The van der Waals surface area contributed by atoms with E-state index in [1.807, 2.05) is 6.07 Å². The maximum Gasteiger partial charge on any atom is 0.411 e. The smallest absolute Gasteiger partial charge is 0.411 e. The molecule has 2 rings (SSSR count). The van der Waals surface area contributed by atoms with Gasteiger partial charge in [-0.15, -0.1) is 0 Å². The van der Waals surface area contributed by atoms with Gasteiger partial charge in [-0.2, -0.15) is 5.26 Å². The molecular formula is C15H19N3O2. The predicted octanol–water partition coefficient (Wildman–Crippen LogP) is 2.77. The van der Waals surface area contributed by atoms with E-state index < -0.39 is 6.09 Å². The quantitative estimate of drug-likeness (QED) is 0.886. The van der Waals surface area contributed by atoms with Crippen molar-refractivity contribution in [2.24, 2.45) is 5.73 Å². The molecule has 0 aliphatic heterocycles. The number of benzene rings is 1. The van der Waals surface area contributed by atoms with Crippen LogP contribution in [0.15, 0.2) is 24.3 Å². The average molecular weight is 273 g/mol. The van der Waals surface area contributed by atoms with Crippen molar-refractivity contribution in [2.45, 2.75) is 37.6 Å². The van der Waals surface area contributed by atoms with Crippen LogP contribution in [0, 0.1) is 11.3 Å². The zero-order chi connectivity index (χ0) is 14.4. The van der Waals surface area contributed by atoms with E-state index in [1.165, 1.54) is 6.42 Å². The molecule has 1 aliphatic carbocycles. The molecule has 5 nitrogen and oxygen atoms in total. The third-order valence-corrected chi connectivity index (χ3v) is 3.60. The van der Waals surface area contributed by atoms with Gasteiger partial charge in [-0.25, -0.2) is 4.79 Å². The van der Waals surface area contributed by atoms with Crippen molar-refractivity contribution in [3.05, 3.63) is 29.8 Å². The van der Waals surface area contributed by atoms with Crippen LogP contribution in [-0.2, 0) is 4.74 Å². The van der Waals surface area contributed by atoms with Crippen LogP contribution in [0.5, 0.6) is 0 Å². The molecular weight excluding hydrogens is 254 g/mol. The molecule has 3 N–H and O–H groups in total. The van der Waals surface area contributed by atoms with E-state index in [0.29, 0.717) is 11.3 Å². The van der Waals surface area contributed by atoms with Gasteiger partial charge in [-0.1, -0.05) is 19.3 Å². The van der Waals surface area contributed by atoms with Gasteiger partial charge in [0.15, 0.2) is 0 Å². The fourth-order valence-corrected chi connectivity index (χ4v) is 2.39. The minimum Gasteiger partial charge on any atom is -0.447 e. The molecule has 0 aromatic heterocycles. The summed E-state index contributed by atoms with van der Waals surface area (Å²) in [5.74, 6) is 0. The summed E-state index contributed by atoms with van der Waals surface area (Å²) in [5, 5.41) is 11.3. The minimum absolute atomic E-state index is 0.245. The van der Waals surface area contributed by atoms with E-state index in [2.05, 4.69) is 5.32 Å². The summed E-state index contributed by atoms with van der Waals surface area (Å²) in [5.41, 5.74) is 6.97. The highest BCUT2D eigenvalue weighted by Gasteiger charge is 2.28. The molecule has 106 valence electrons. The SMILES string of the molecule is N#Cc1ccc(NC(=O)OCC2(N)CCCCC2)cc1. The van der Waals surface area contributed by atoms with E-state index in [4.69, 9.17) is 15.7 Å². The number of anilines is 1. The predicted molar refractivity (Wildman–Crippen MR) is 76.1 cm³/mol. The number of nitrogens with zero attached hydrogens (tertiary/aromatic N) is 1. The molecule has 5 heteroatoms. The van der Waals surface area contributed by atoms with Crippen molar-refractivity contribution in [3.63, 3.8) is 0 Å². The Morgan fingerprint density at radius 3 is 2.55 bits per heavy atom. The normalized spacial score (nSPS) is 17.0. The number of ether oxygens (including phenoxy) is 1. The summed E-state index contributed by atoms with van der Waals surface area (Å²) in [6, 6.07) is 8.63. The monoisotopic (exact) mass is 273 g/mol. The van der Waals surface area contributed by atoms with Crippen molar-refractivity contribution in [1.82, 2.24) is 0 Å². The topological polar surface area (TPSA) is 88.1 Å². The minimum atomic E-state index is -0.509. The zero-order valence-electron chi connectivity index (χ0n) is 11.4.